The van der Waals surface area contributed by atoms with Crippen LogP contribution in [0.1, 0.15) is 30.9 Å². The van der Waals surface area contributed by atoms with Crippen molar-refractivity contribution in [2.45, 2.75) is 38.8 Å². The Morgan fingerprint density at radius 2 is 1.86 bits per heavy atom. The fourth-order valence-corrected chi connectivity index (χ4v) is 3.20. The molecule has 1 aromatic carbocycles. The highest BCUT2D eigenvalue weighted by Gasteiger charge is 2.24. The van der Waals surface area contributed by atoms with Crippen LogP contribution in [-0.2, 0) is 13.0 Å². The first-order valence-corrected chi connectivity index (χ1v) is 7.85. The van der Waals surface area contributed by atoms with Gasteiger partial charge in [-0.05, 0) is 43.1 Å². The number of nitrogens with one attached hydrogen (secondary N) is 1. The third-order valence-corrected chi connectivity index (χ3v) is 4.33. The molecule has 2 rings (SSSR count). The largest absolute Gasteiger partial charge is 0.493 e. The van der Waals surface area contributed by atoms with Crippen LogP contribution >= 0.6 is 0 Å². The Morgan fingerprint density at radius 1 is 1.19 bits per heavy atom. The molecule has 21 heavy (non-hydrogen) atoms. The Kier molecular flexibility index (Phi) is 5.88. The molecule has 1 atom stereocenters. The van der Waals surface area contributed by atoms with Gasteiger partial charge >= 0.3 is 0 Å². The third-order valence-electron chi connectivity index (χ3n) is 4.33. The number of fused-ring (bicyclic) bond motifs is 1. The quantitative estimate of drug-likeness (QED) is 0.837. The monoisotopic (exact) mass is 292 g/mol. The highest BCUT2D eigenvalue weighted by Crippen LogP contribution is 2.33. The van der Waals surface area contributed by atoms with Crippen LogP contribution in [-0.4, -0.2) is 45.3 Å². The van der Waals surface area contributed by atoms with E-state index in [9.17, 15) is 0 Å². The van der Waals surface area contributed by atoms with Gasteiger partial charge in [-0.1, -0.05) is 13.3 Å². The van der Waals surface area contributed by atoms with Crippen molar-refractivity contribution < 1.29 is 9.47 Å². The lowest BCUT2D eigenvalue weighted by Crippen LogP contribution is -2.44. The van der Waals surface area contributed by atoms with E-state index in [0.29, 0.717) is 6.04 Å². The van der Waals surface area contributed by atoms with E-state index >= 15 is 0 Å². The Hall–Kier alpha value is -1.26. The number of likely N-dealkylation sites (N-methyl/N-ethyl adjacent to an activating group) is 1. The highest BCUT2D eigenvalue weighted by atomic mass is 16.5. The molecule has 4 heteroatoms. The zero-order chi connectivity index (χ0) is 15.2. The van der Waals surface area contributed by atoms with Crippen molar-refractivity contribution >= 4 is 0 Å². The number of hydrogen-bond acceptors (Lipinski definition) is 4. The first-order valence-electron chi connectivity index (χ1n) is 7.85. The summed E-state index contributed by atoms with van der Waals surface area (Å²) in [5.41, 5.74) is 2.76. The second-order valence-corrected chi connectivity index (χ2v) is 5.70. The number of benzene rings is 1. The zero-order valence-electron chi connectivity index (χ0n) is 13.7. The van der Waals surface area contributed by atoms with Crippen LogP contribution in [0.5, 0.6) is 11.5 Å². The SMILES string of the molecule is CCCC(CNC)N1CCc2cc(OC)c(OC)cc2C1. The maximum Gasteiger partial charge on any atom is 0.161 e. The molecule has 0 aliphatic carbocycles. The van der Waals surface area contributed by atoms with Crippen LogP contribution in [0.15, 0.2) is 12.1 Å². The first kappa shape index (κ1) is 16.1. The predicted octanol–water partition coefficient (Wildman–Crippen LogP) is 2.45. The Morgan fingerprint density at radius 3 is 2.43 bits per heavy atom. The van der Waals surface area contributed by atoms with Gasteiger partial charge in [0.05, 0.1) is 14.2 Å². The average molecular weight is 292 g/mol. The lowest BCUT2D eigenvalue weighted by molar-refractivity contribution is 0.166. The molecule has 0 saturated carbocycles. The minimum atomic E-state index is 0.612. The van der Waals surface area contributed by atoms with Crippen molar-refractivity contribution in [2.75, 3.05) is 34.4 Å². The van der Waals surface area contributed by atoms with Crippen LogP contribution in [0.25, 0.3) is 0 Å². The van der Waals surface area contributed by atoms with E-state index in [1.807, 2.05) is 7.05 Å². The standard InChI is InChI=1S/C17H28N2O2/c1-5-6-15(11-18-2)19-8-7-13-9-16(20-3)17(21-4)10-14(13)12-19/h9-10,15,18H,5-8,11-12H2,1-4H3. The molecule has 0 radical (unpaired) electrons. The lowest BCUT2D eigenvalue weighted by Gasteiger charge is -2.36. The van der Waals surface area contributed by atoms with E-state index in [1.54, 1.807) is 14.2 Å². The Balaban J connectivity index is 2.18. The van der Waals surface area contributed by atoms with Gasteiger partial charge in [-0.15, -0.1) is 0 Å². The Bertz CT molecular complexity index is 456. The van der Waals surface area contributed by atoms with E-state index in [-0.39, 0.29) is 0 Å². The van der Waals surface area contributed by atoms with Gasteiger partial charge in [-0.2, -0.15) is 0 Å². The fourth-order valence-electron chi connectivity index (χ4n) is 3.20. The summed E-state index contributed by atoms with van der Waals surface area (Å²) < 4.78 is 10.8. The number of rotatable bonds is 7. The van der Waals surface area contributed by atoms with Crippen LogP contribution in [0.2, 0.25) is 0 Å². The molecule has 0 spiro atoms. The molecule has 0 aromatic heterocycles. The van der Waals surface area contributed by atoms with Crippen LogP contribution in [0.3, 0.4) is 0 Å². The molecule has 118 valence electrons. The third kappa shape index (κ3) is 3.69. The maximum atomic E-state index is 5.44. The fraction of sp³-hybridized carbons (Fsp3) is 0.647. The van der Waals surface area contributed by atoms with Crippen molar-refractivity contribution in [3.63, 3.8) is 0 Å². The maximum absolute atomic E-state index is 5.44. The topological polar surface area (TPSA) is 33.7 Å². The average Bonchev–Trinajstić information content (AvgIpc) is 2.52. The lowest BCUT2D eigenvalue weighted by atomic mass is 9.96. The summed E-state index contributed by atoms with van der Waals surface area (Å²) in [5.74, 6) is 1.67. The summed E-state index contributed by atoms with van der Waals surface area (Å²) in [6.07, 6.45) is 3.55. The number of hydrogen-bond donors (Lipinski definition) is 1. The van der Waals surface area contributed by atoms with Gasteiger partial charge in [0.1, 0.15) is 0 Å². The normalized spacial score (nSPS) is 16.4. The molecule has 1 unspecified atom stereocenters. The summed E-state index contributed by atoms with van der Waals surface area (Å²) in [7, 11) is 5.43. The van der Waals surface area contributed by atoms with Gasteiger partial charge in [-0.25, -0.2) is 0 Å². The van der Waals surface area contributed by atoms with E-state index in [0.717, 1.165) is 37.6 Å². The van der Waals surface area contributed by atoms with Gasteiger partial charge in [0.2, 0.25) is 0 Å². The summed E-state index contributed by atoms with van der Waals surface area (Å²) in [6, 6.07) is 4.89. The first-order chi connectivity index (χ1) is 10.2. The molecule has 1 N–H and O–H groups in total. The van der Waals surface area contributed by atoms with Crippen molar-refractivity contribution in [3.8, 4) is 11.5 Å². The molecule has 1 aliphatic heterocycles. The predicted molar refractivity (Wildman–Crippen MR) is 86.3 cm³/mol. The Labute approximate surface area is 128 Å². The molecule has 4 nitrogen and oxygen atoms in total. The summed E-state index contributed by atoms with van der Waals surface area (Å²) in [5, 5.41) is 3.33. The second kappa shape index (κ2) is 7.66. The van der Waals surface area contributed by atoms with Gasteiger partial charge in [-0.3, -0.25) is 4.90 Å². The van der Waals surface area contributed by atoms with Crippen LogP contribution < -0.4 is 14.8 Å². The van der Waals surface area contributed by atoms with Crippen molar-refractivity contribution in [2.24, 2.45) is 0 Å². The minimum absolute atomic E-state index is 0.612. The second-order valence-electron chi connectivity index (χ2n) is 5.70. The van der Waals surface area contributed by atoms with Crippen molar-refractivity contribution in [3.05, 3.63) is 23.3 Å². The molecule has 0 fully saturated rings. The van der Waals surface area contributed by atoms with Crippen LogP contribution in [0.4, 0.5) is 0 Å². The molecular weight excluding hydrogens is 264 g/mol. The molecule has 0 saturated heterocycles. The minimum Gasteiger partial charge on any atom is -0.493 e. The van der Waals surface area contributed by atoms with E-state index < -0.39 is 0 Å². The van der Waals surface area contributed by atoms with Gasteiger partial charge in [0, 0.05) is 25.7 Å². The van der Waals surface area contributed by atoms with E-state index in [4.69, 9.17) is 9.47 Å². The zero-order valence-corrected chi connectivity index (χ0v) is 13.7. The number of ether oxygens (including phenoxy) is 2. The molecular formula is C17H28N2O2. The van der Waals surface area contributed by atoms with Gasteiger partial charge < -0.3 is 14.8 Å². The molecule has 1 heterocycles. The van der Waals surface area contributed by atoms with Crippen molar-refractivity contribution in [1.29, 1.82) is 0 Å². The summed E-state index contributed by atoms with van der Waals surface area (Å²) in [4.78, 5) is 2.59. The van der Waals surface area contributed by atoms with E-state index in [1.165, 1.54) is 24.0 Å². The number of nitrogens with zero attached hydrogens (tertiary/aromatic N) is 1. The van der Waals surface area contributed by atoms with Gasteiger partial charge in [0.15, 0.2) is 11.5 Å². The molecule has 0 amide bonds. The van der Waals surface area contributed by atoms with Crippen LogP contribution in [0, 0.1) is 0 Å². The molecule has 0 bridgehead atoms. The van der Waals surface area contributed by atoms with Gasteiger partial charge in [0.25, 0.3) is 0 Å². The van der Waals surface area contributed by atoms with E-state index in [2.05, 4.69) is 29.3 Å². The van der Waals surface area contributed by atoms with Crippen molar-refractivity contribution in [1.82, 2.24) is 10.2 Å². The highest BCUT2D eigenvalue weighted by molar-refractivity contribution is 5.48. The summed E-state index contributed by atoms with van der Waals surface area (Å²) >= 11 is 0. The summed E-state index contributed by atoms with van der Waals surface area (Å²) in [6.45, 7) is 5.43. The smallest absolute Gasteiger partial charge is 0.161 e. The number of methoxy groups -OCH3 is 2. The molecule has 1 aromatic rings. The molecule has 1 aliphatic rings.